The number of aromatic hydroxyl groups is 1. The van der Waals surface area contributed by atoms with Crippen LogP contribution in [0.25, 0.3) is 10.8 Å². The minimum absolute atomic E-state index is 0.175. The van der Waals surface area contributed by atoms with Gasteiger partial charge in [-0.3, -0.25) is 5.41 Å². The first-order chi connectivity index (χ1) is 10.1. The lowest BCUT2D eigenvalue weighted by Crippen LogP contribution is -2.03. The molecule has 0 saturated carbocycles. The molecule has 0 atom stereocenters. The molecule has 0 aliphatic carbocycles. The predicted molar refractivity (Wildman–Crippen MR) is 103 cm³/mol. The summed E-state index contributed by atoms with van der Waals surface area (Å²) in [7, 11) is 0. The number of hydrogen-bond acceptors (Lipinski definition) is 2. The number of benzene rings is 3. The van der Waals surface area contributed by atoms with Crippen LogP contribution in [0.15, 0.2) is 54.6 Å². The maximum Gasteiger partial charge on any atom is 0.138 e. The van der Waals surface area contributed by atoms with Crippen LogP contribution < -0.4 is 0 Å². The predicted octanol–water partition coefficient (Wildman–Crippen LogP) is 5.17. The van der Waals surface area contributed by atoms with Crippen LogP contribution in [0.5, 0.6) is 5.75 Å². The van der Waals surface area contributed by atoms with E-state index < -0.39 is 0 Å². The van der Waals surface area contributed by atoms with E-state index in [1.165, 1.54) is 0 Å². The van der Waals surface area contributed by atoms with E-state index in [1.807, 2.05) is 48.5 Å². The summed E-state index contributed by atoms with van der Waals surface area (Å²) in [5.74, 6) is 0.175. The van der Waals surface area contributed by atoms with Crippen LogP contribution in [-0.4, -0.2) is 10.8 Å². The number of phenols is 1. The molecule has 21 heavy (non-hydrogen) atoms. The lowest BCUT2D eigenvalue weighted by atomic mass is 9.99. The summed E-state index contributed by atoms with van der Waals surface area (Å²) in [6.07, 6.45) is 0. The van der Waals surface area contributed by atoms with E-state index in [0.29, 0.717) is 11.3 Å². The second-order valence-corrected chi connectivity index (χ2v) is 7.13. The van der Waals surface area contributed by atoms with Gasteiger partial charge in [-0.05, 0) is 74.2 Å². The van der Waals surface area contributed by atoms with Crippen molar-refractivity contribution < 1.29 is 5.11 Å². The molecule has 2 nitrogen and oxygen atoms in total. The minimum atomic E-state index is 0.175. The third-order valence-electron chi connectivity index (χ3n) is 3.34. The largest absolute Gasteiger partial charge is 0.506 e. The molecule has 0 heterocycles. The molecule has 0 aliphatic heterocycles. The number of halogens is 2. The average Bonchev–Trinajstić information content (AvgIpc) is 2.49. The molecule has 2 N–H and O–H groups in total. The van der Waals surface area contributed by atoms with Crippen LogP contribution in [0, 0.1) is 12.5 Å². The Kier molecular flexibility index (Phi) is 4.17. The monoisotopic (exact) mass is 499 g/mol. The molecule has 0 aromatic heterocycles. The summed E-state index contributed by atoms with van der Waals surface area (Å²) in [6.45, 7) is 0. The van der Waals surface area contributed by atoms with Crippen molar-refractivity contribution in [3.8, 4) is 5.75 Å². The van der Waals surface area contributed by atoms with Gasteiger partial charge in [0.1, 0.15) is 5.75 Å². The highest BCUT2D eigenvalue weighted by molar-refractivity contribution is 14.1. The molecule has 0 spiro atoms. The SMILES string of the molecule is N=C(c1ccc2ccccc2c1)c1cc(I)cc(I)c1O. The maximum absolute atomic E-state index is 10.2. The summed E-state index contributed by atoms with van der Waals surface area (Å²) in [4.78, 5) is 0. The smallest absolute Gasteiger partial charge is 0.138 e. The Hall–Kier alpha value is -1.15. The Morgan fingerprint density at radius 2 is 1.62 bits per heavy atom. The first-order valence-electron chi connectivity index (χ1n) is 6.32. The summed E-state index contributed by atoms with van der Waals surface area (Å²) in [5.41, 5.74) is 1.72. The molecule has 0 aliphatic rings. The van der Waals surface area contributed by atoms with Gasteiger partial charge in [-0.25, -0.2) is 0 Å². The van der Waals surface area contributed by atoms with Gasteiger partial charge < -0.3 is 5.11 Å². The average molecular weight is 499 g/mol. The van der Waals surface area contributed by atoms with Gasteiger partial charge in [-0.15, -0.1) is 0 Å². The first kappa shape index (κ1) is 14.8. The van der Waals surface area contributed by atoms with E-state index in [-0.39, 0.29) is 5.75 Å². The van der Waals surface area contributed by atoms with Crippen molar-refractivity contribution in [3.05, 3.63) is 72.9 Å². The molecule has 0 radical (unpaired) electrons. The fourth-order valence-electron chi connectivity index (χ4n) is 2.26. The van der Waals surface area contributed by atoms with E-state index in [2.05, 4.69) is 51.2 Å². The summed E-state index contributed by atoms with van der Waals surface area (Å²) in [6, 6.07) is 17.7. The Morgan fingerprint density at radius 3 is 2.38 bits per heavy atom. The zero-order valence-corrected chi connectivity index (χ0v) is 15.2. The number of fused-ring (bicyclic) bond motifs is 1. The molecule has 0 amide bonds. The first-order valence-corrected chi connectivity index (χ1v) is 8.48. The third-order valence-corrected chi connectivity index (χ3v) is 4.78. The number of hydrogen-bond donors (Lipinski definition) is 2. The Bertz CT molecular complexity index is 859. The number of phenolic OH excluding ortho intramolecular Hbond substituents is 1. The van der Waals surface area contributed by atoms with Gasteiger partial charge in [0.2, 0.25) is 0 Å². The highest BCUT2D eigenvalue weighted by Gasteiger charge is 2.13. The van der Waals surface area contributed by atoms with Crippen molar-refractivity contribution in [2.45, 2.75) is 0 Å². The molecule has 0 bridgehead atoms. The molecule has 0 unspecified atom stereocenters. The topological polar surface area (TPSA) is 44.1 Å². The summed E-state index contributed by atoms with van der Waals surface area (Å²) < 4.78 is 1.77. The van der Waals surface area contributed by atoms with E-state index >= 15 is 0 Å². The molecule has 3 rings (SSSR count). The van der Waals surface area contributed by atoms with Gasteiger partial charge >= 0.3 is 0 Å². The fraction of sp³-hybridized carbons (Fsp3) is 0. The second kappa shape index (κ2) is 5.92. The van der Waals surface area contributed by atoms with Gasteiger partial charge in [0.05, 0.1) is 9.28 Å². The maximum atomic E-state index is 10.2. The molecular weight excluding hydrogens is 488 g/mol. The van der Waals surface area contributed by atoms with Gasteiger partial charge in [0.15, 0.2) is 0 Å². The van der Waals surface area contributed by atoms with Crippen LogP contribution in [0.2, 0.25) is 0 Å². The van der Waals surface area contributed by atoms with Crippen LogP contribution in [0.3, 0.4) is 0 Å². The molecule has 0 saturated heterocycles. The van der Waals surface area contributed by atoms with Crippen LogP contribution >= 0.6 is 45.2 Å². The molecule has 4 heteroatoms. The molecule has 3 aromatic rings. The van der Waals surface area contributed by atoms with Crippen molar-refractivity contribution in [2.75, 3.05) is 0 Å². The van der Waals surface area contributed by atoms with Crippen molar-refractivity contribution in [1.29, 1.82) is 5.41 Å². The van der Waals surface area contributed by atoms with E-state index in [0.717, 1.165) is 23.5 Å². The molecular formula is C17H11I2NO. The number of rotatable bonds is 2. The normalized spacial score (nSPS) is 10.8. The van der Waals surface area contributed by atoms with Crippen LogP contribution in [-0.2, 0) is 0 Å². The van der Waals surface area contributed by atoms with Gasteiger partial charge in [-0.1, -0.05) is 36.4 Å². The van der Waals surface area contributed by atoms with E-state index in [4.69, 9.17) is 5.41 Å². The summed E-state index contributed by atoms with van der Waals surface area (Å²) in [5, 5.41) is 20.9. The zero-order valence-electron chi connectivity index (χ0n) is 10.9. The number of nitrogens with one attached hydrogen (secondary N) is 1. The highest BCUT2D eigenvalue weighted by Crippen LogP contribution is 2.29. The van der Waals surface area contributed by atoms with Crippen molar-refractivity contribution in [2.24, 2.45) is 0 Å². The standard InChI is InChI=1S/C17H11I2NO/c18-13-8-14(17(21)15(19)9-13)16(20)12-6-5-10-3-1-2-4-11(10)7-12/h1-9,20-21H. The summed E-state index contributed by atoms with van der Waals surface area (Å²) >= 11 is 4.29. The molecule has 3 aromatic carbocycles. The van der Waals surface area contributed by atoms with Crippen molar-refractivity contribution in [1.82, 2.24) is 0 Å². The minimum Gasteiger partial charge on any atom is -0.506 e. The van der Waals surface area contributed by atoms with Crippen LogP contribution in [0.1, 0.15) is 11.1 Å². The Balaban J connectivity index is 2.12. The zero-order chi connectivity index (χ0) is 15.0. The Morgan fingerprint density at radius 1 is 0.905 bits per heavy atom. The van der Waals surface area contributed by atoms with E-state index in [1.54, 1.807) is 0 Å². The fourth-order valence-corrected chi connectivity index (χ4v) is 4.10. The van der Waals surface area contributed by atoms with Crippen LogP contribution in [0.4, 0.5) is 0 Å². The van der Waals surface area contributed by atoms with Gasteiger partial charge in [0.25, 0.3) is 0 Å². The van der Waals surface area contributed by atoms with Crippen molar-refractivity contribution in [3.63, 3.8) is 0 Å². The quantitative estimate of drug-likeness (QED) is 0.371. The highest BCUT2D eigenvalue weighted by atomic mass is 127. The van der Waals surface area contributed by atoms with Gasteiger partial charge in [-0.2, -0.15) is 0 Å². The molecule has 0 fully saturated rings. The van der Waals surface area contributed by atoms with Gasteiger partial charge in [0, 0.05) is 14.7 Å². The second-order valence-electron chi connectivity index (χ2n) is 4.72. The van der Waals surface area contributed by atoms with E-state index in [9.17, 15) is 5.11 Å². The third kappa shape index (κ3) is 2.91. The molecule has 104 valence electrons. The lowest BCUT2D eigenvalue weighted by molar-refractivity contribution is 0.470. The Labute approximate surface area is 150 Å². The van der Waals surface area contributed by atoms with Crippen molar-refractivity contribution >= 4 is 61.7 Å². The lowest BCUT2D eigenvalue weighted by Gasteiger charge is -2.10.